The van der Waals surface area contributed by atoms with Crippen molar-refractivity contribution in [2.45, 2.75) is 13.5 Å². The summed E-state index contributed by atoms with van der Waals surface area (Å²) < 4.78 is 24.3. The lowest BCUT2D eigenvalue weighted by molar-refractivity contribution is 0.0771. The molecule has 0 bridgehead atoms. The molecule has 1 heterocycles. The Balaban J connectivity index is 1.76. The molecule has 2 amide bonds. The van der Waals surface area contributed by atoms with Crippen molar-refractivity contribution in [3.05, 3.63) is 76.9 Å². The number of rotatable bonds is 6. The Morgan fingerprint density at radius 2 is 1.97 bits per heavy atom. The molecule has 1 aromatic heterocycles. The van der Waals surface area contributed by atoms with E-state index in [0.717, 1.165) is 12.1 Å². The Labute approximate surface area is 167 Å². The van der Waals surface area contributed by atoms with Gasteiger partial charge in [0.25, 0.3) is 11.8 Å². The first-order valence-electron chi connectivity index (χ1n) is 8.79. The second-order valence-electron chi connectivity index (χ2n) is 6.51. The summed E-state index contributed by atoms with van der Waals surface area (Å²) in [4.78, 5) is 26.5. The third-order valence-corrected chi connectivity index (χ3v) is 4.15. The van der Waals surface area contributed by atoms with Gasteiger partial charge in [-0.3, -0.25) is 9.59 Å². The molecule has 0 radical (unpaired) electrons. The third kappa shape index (κ3) is 4.98. The van der Waals surface area contributed by atoms with E-state index in [2.05, 4.69) is 10.5 Å². The molecule has 1 N–H and O–H groups in total. The molecule has 29 heavy (non-hydrogen) atoms. The molecule has 0 aliphatic carbocycles. The fourth-order valence-corrected chi connectivity index (χ4v) is 2.77. The van der Waals surface area contributed by atoms with Crippen LogP contribution in [-0.4, -0.2) is 36.0 Å². The molecule has 0 aliphatic rings. The Hall–Kier alpha value is -3.68. The van der Waals surface area contributed by atoms with Gasteiger partial charge in [-0.15, -0.1) is 0 Å². The zero-order chi connectivity index (χ0) is 21.0. The maximum absolute atomic E-state index is 14.1. The molecule has 3 aromatic rings. The normalized spacial score (nSPS) is 10.5. The van der Waals surface area contributed by atoms with E-state index in [9.17, 15) is 14.0 Å². The summed E-state index contributed by atoms with van der Waals surface area (Å²) in [5.41, 5.74) is 1.32. The molecule has 0 saturated carbocycles. The van der Waals surface area contributed by atoms with Crippen LogP contribution >= 0.6 is 0 Å². The monoisotopic (exact) mass is 397 g/mol. The molecular formula is C21H20FN3O4. The van der Waals surface area contributed by atoms with Crippen LogP contribution in [0, 0.1) is 12.7 Å². The van der Waals surface area contributed by atoms with Crippen LogP contribution in [0.3, 0.4) is 0 Å². The van der Waals surface area contributed by atoms with Gasteiger partial charge < -0.3 is 19.5 Å². The number of ether oxygens (including phenoxy) is 1. The summed E-state index contributed by atoms with van der Waals surface area (Å²) in [6, 6.07) is 12.0. The number of benzene rings is 2. The second kappa shape index (κ2) is 8.55. The number of halogens is 1. The molecule has 3 rings (SSSR count). The van der Waals surface area contributed by atoms with Crippen LogP contribution in [0.25, 0.3) is 0 Å². The van der Waals surface area contributed by atoms with E-state index in [1.807, 2.05) is 0 Å². The minimum atomic E-state index is -0.638. The van der Waals surface area contributed by atoms with E-state index in [1.54, 1.807) is 44.3 Å². The zero-order valence-electron chi connectivity index (χ0n) is 16.2. The predicted octanol–water partition coefficient (Wildman–Crippen LogP) is 3.66. The van der Waals surface area contributed by atoms with Gasteiger partial charge in [-0.25, -0.2) is 4.39 Å². The van der Waals surface area contributed by atoms with Crippen LogP contribution in [0.1, 0.15) is 32.2 Å². The number of nitrogens with one attached hydrogen (secondary N) is 1. The highest BCUT2D eigenvalue weighted by molar-refractivity contribution is 6.05. The van der Waals surface area contributed by atoms with Crippen LogP contribution in [0.15, 0.2) is 53.1 Å². The highest BCUT2D eigenvalue weighted by Gasteiger charge is 2.17. The second-order valence-corrected chi connectivity index (χ2v) is 6.51. The predicted molar refractivity (Wildman–Crippen MR) is 104 cm³/mol. The molecule has 0 aliphatic heterocycles. The fourth-order valence-electron chi connectivity index (χ4n) is 2.77. The average Bonchev–Trinajstić information content (AvgIpc) is 3.11. The molecule has 0 fully saturated rings. The van der Waals surface area contributed by atoms with E-state index in [1.165, 1.54) is 18.1 Å². The van der Waals surface area contributed by atoms with Gasteiger partial charge in [-0.05, 0) is 43.3 Å². The molecule has 0 atom stereocenters. The summed E-state index contributed by atoms with van der Waals surface area (Å²) >= 11 is 0. The lowest BCUT2D eigenvalue weighted by atomic mass is 10.1. The Kier molecular flexibility index (Phi) is 5.92. The molecule has 2 aromatic carbocycles. The molecule has 0 saturated heterocycles. The summed E-state index contributed by atoms with van der Waals surface area (Å²) in [6.07, 6.45) is 0. The maximum Gasteiger partial charge on any atom is 0.255 e. The van der Waals surface area contributed by atoms with Crippen LogP contribution in [0.5, 0.6) is 5.75 Å². The molecule has 8 heteroatoms. The average molecular weight is 397 g/mol. The van der Waals surface area contributed by atoms with Gasteiger partial charge in [0.1, 0.15) is 11.6 Å². The van der Waals surface area contributed by atoms with E-state index < -0.39 is 17.6 Å². The van der Waals surface area contributed by atoms with Gasteiger partial charge in [0, 0.05) is 29.9 Å². The number of aromatic nitrogens is 1. The highest BCUT2D eigenvalue weighted by Crippen LogP contribution is 2.19. The van der Waals surface area contributed by atoms with E-state index in [-0.39, 0.29) is 17.8 Å². The van der Waals surface area contributed by atoms with E-state index >= 15 is 0 Å². The first kappa shape index (κ1) is 20.1. The van der Waals surface area contributed by atoms with Crippen LogP contribution in [0.4, 0.5) is 10.1 Å². The summed E-state index contributed by atoms with van der Waals surface area (Å²) in [5, 5.41) is 6.38. The summed E-state index contributed by atoms with van der Waals surface area (Å²) in [5.74, 6) is -0.465. The van der Waals surface area contributed by atoms with Gasteiger partial charge in [0.15, 0.2) is 5.76 Å². The van der Waals surface area contributed by atoms with Crippen LogP contribution < -0.4 is 10.1 Å². The number of carbonyl (C=O) groups excluding carboxylic acids is 2. The van der Waals surface area contributed by atoms with Crippen LogP contribution in [0.2, 0.25) is 0 Å². The highest BCUT2D eigenvalue weighted by atomic mass is 19.1. The van der Waals surface area contributed by atoms with Crippen LogP contribution in [-0.2, 0) is 6.54 Å². The largest absolute Gasteiger partial charge is 0.497 e. The van der Waals surface area contributed by atoms with Crippen molar-refractivity contribution in [3.63, 3.8) is 0 Å². The number of hydrogen-bond acceptors (Lipinski definition) is 5. The Morgan fingerprint density at radius 1 is 1.17 bits per heavy atom. The van der Waals surface area contributed by atoms with Gasteiger partial charge in [-0.2, -0.15) is 0 Å². The Morgan fingerprint density at radius 3 is 2.66 bits per heavy atom. The third-order valence-electron chi connectivity index (χ3n) is 4.15. The quantitative estimate of drug-likeness (QED) is 0.686. The van der Waals surface area contributed by atoms with Crippen molar-refractivity contribution in [1.29, 1.82) is 0 Å². The van der Waals surface area contributed by atoms with E-state index in [4.69, 9.17) is 9.26 Å². The number of hydrogen-bond donors (Lipinski definition) is 1. The lowest BCUT2D eigenvalue weighted by Gasteiger charge is -2.16. The standard InChI is InChI=1S/C21H20FN3O4/c1-13-7-19(29-24-13)12-25(2)21(27)15-8-16(22)11-17(9-15)23-20(26)14-5-4-6-18(10-14)28-3/h4-11H,12H2,1-3H3,(H,23,26). The molecule has 150 valence electrons. The number of carbonyl (C=O) groups is 2. The van der Waals surface area contributed by atoms with Gasteiger partial charge in [0.05, 0.1) is 19.3 Å². The number of anilines is 1. The van der Waals surface area contributed by atoms with Crippen molar-refractivity contribution in [2.24, 2.45) is 0 Å². The minimum Gasteiger partial charge on any atom is -0.497 e. The zero-order valence-corrected chi connectivity index (χ0v) is 16.2. The van der Waals surface area contributed by atoms with Crippen molar-refractivity contribution in [1.82, 2.24) is 10.1 Å². The first-order chi connectivity index (χ1) is 13.9. The van der Waals surface area contributed by atoms with Crippen molar-refractivity contribution >= 4 is 17.5 Å². The molecule has 0 unspecified atom stereocenters. The van der Waals surface area contributed by atoms with Crippen molar-refractivity contribution in [2.75, 3.05) is 19.5 Å². The molecule has 0 spiro atoms. The molecular weight excluding hydrogens is 377 g/mol. The number of nitrogens with zero attached hydrogens (tertiary/aromatic N) is 2. The SMILES string of the molecule is COc1cccc(C(=O)Nc2cc(F)cc(C(=O)N(C)Cc3cc(C)no3)c2)c1. The number of amides is 2. The minimum absolute atomic E-state index is 0.102. The number of aryl methyl sites for hydroxylation is 1. The lowest BCUT2D eigenvalue weighted by Crippen LogP contribution is -2.26. The van der Waals surface area contributed by atoms with E-state index in [0.29, 0.717) is 22.8 Å². The summed E-state index contributed by atoms with van der Waals surface area (Å²) in [7, 11) is 3.07. The smallest absolute Gasteiger partial charge is 0.255 e. The van der Waals surface area contributed by atoms with Crippen molar-refractivity contribution < 1.29 is 23.2 Å². The fraction of sp³-hybridized carbons (Fsp3) is 0.190. The van der Waals surface area contributed by atoms with Gasteiger partial charge in [-0.1, -0.05) is 11.2 Å². The maximum atomic E-state index is 14.1. The first-order valence-corrected chi connectivity index (χ1v) is 8.79. The topological polar surface area (TPSA) is 84.7 Å². The van der Waals surface area contributed by atoms with Gasteiger partial charge >= 0.3 is 0 Å². The summed E-state index contributed by atoms with van der Waals surface area (Å²) in [6.45, 7) is 1.96. The Bertz CT molecular complexity index is 1050. The van der Waals surface area contributed by atoms with Gasteiger partial charge in [0.2, 0.25) is 0 Å². The van der Waals surface area contributed by atoms with Crippen molar-refractivity contribution in [3.8, 4) is 5.75 Å². The molecule has 7 nitrogen and oxygen atoms in total. The number of methoxy groups -OCH3 is 1.